The van der Waals surface area contributed by atoms with Crippen molar-refractivity contribution in [3.05, 3.63) is 65.0 Å². The van der Waals surface area contributed by atoms with Crippen LogP contribution in [0.15, 0.2) is 42.6 Å². The summed E-state index contributed by atoms with van der Waals surface area (Å²) in [6.07, 6.45) is -2.91. The number of halogens is 3. The first kappa shape index (κ1) is 18.9. The number of hydrogen-bond acceptors (Lipinski definition) is 3. The fraction of sp³-hybridized carbons (Fsp3) is 0.316. The molecule has 5 nitrogen and oxygen atoms in total. The van der Waals surface area contributed by atoms with Crippen LogP contribution < -0.4 is 0 Å². The Morgan fingerprint density at radius 1 is 0.852 bits per heavy atom. The van der Waals surface area contributed by atoms with Gasteiger partial charge in [-0.05, 0) is 43.3 Å². The molecule has 0 bridgehead atoms. The van der Waals surface area contributed by atoms with Crippen molar-refractivity contribution < 1.29 is 22.8 Å². The summed E-state index contributed by atoms with van der Waals surface area (Å²) in [5, 5.41) is 0. The molecule has 0 saturated carbocycles. The van der Waals surface area contributed by atoms with Crippen LogP contribution in [0.1, 0.15) is 32.0 Å². The zero-order valence-electron chi connectivity index (χ0n) is 14.7. The van der Waals surface area contributed by atoms with Crippen LogP contribution in [-0.4, -0.2) is 52.8 Å². The molecule has 2 heterocycles. The zero-order chi connectivity index (χ0) is 19.6. The van der Waals surface area contributed by atoms with Gasteiger partial charge in [-0.15, -0.1) is 0 Å². The van der Waals surface area contributed by atoms with Crippen molar-refractivity contribution in [2.24, 2.45) is 0 Å². The van der Waals surface area contributed by atoms with Crippen LogP contribution in [0.5, 0.6) is 0 Å². The Morgan fingerprint density at radius 2 is 1.33 bits per heavy atom. The van der Waals surface area contributed by atoms with E-state index in [0.29, 0.717) is 31.7 Å². The average Bonchev–Trinajstić information content (AvgIpc) is 2.67. The van der Waals surface area contributed by atoms with Crippen molar-refractivity contribution >= 4 is 11.8 Å². The van der Waals surface area contributed by atoms with E-state index in [-0.39, 0.29) is 17.4 Å². The van der Waals surface area contributed by atoms with Gasteiger partial charge in [-0.1, -0.05) is 0 Å². The summed E-state index contributed by atoms with van der Waals surface area (Å²) in [4.78, 5) is 32.2. The predicted octanol–water partition coefficient (Wildman–Crippen LogP) is 3.01. The first-order valence-corrected chi connectivity index (χ1v) is 8.44. The van der Waals surface area contributed by atoms with Gasteiger partial charge < -0.3 is 9.80 Å². The molecule has 0 aliphatic carbocycles. The quantitative estimate of drug-likeness (QED) is 0.809. The van der Waals surface area contributed by atoms with E-state index in [1.54, 1.807) is 21.9 Å². The molecule has 1 aliphatic rings. The lowest BCUT2D eigenvalue weighted by Crippen LogP contribution is -2.50. The number of aryl methyl sites for hydroxylation is 1. The second kappa shape index (κ2) is 7.38. The molecule has 27 heavy (non-hydrogen) atoms. The van der Waals surface area contributed by atoms with E-state index in [1.165, 1.54) is 18.3 Å². The molecule has 0 atom stereocenters. The molecular formula is C19H18F3N3O2. The smallest absolute Gasteiger partial charge is 0.335 e. The van der Waals surface area contributed by atoms with Gasteiger partial charge in [0.05, 0.1) is 11.1 Å². The first-order valence-electron chi connectivity index (χ1n) is 8.44. The second-order valence-electron chi connectivity index (χ2n) is 6.35. The molecule has 0 radical (unpaired) electrons. The largest absolute Gasteiger partial charge is 0.416 e. The van der Waals surface area contributed by atoms with Crippen molar-refractivity contribution in [1.82, 2.24) is 14.8 Å². The van der Waals surface area contributed by atoms with E-state index in [4.69, 9.17) is 0 Å². The Morgan fingerprint density at radius 3 is 1.78 bits per heavy atom. The summed E-state index contributed by atoms with van der Waals surface area (Å²) in [5.41, 5.74) is 0.716. The molecule has 2 aromatic rings. The lowest BCUT2D eigenvalue weighted by molar-refractivity contribution is -0.137. The summed E-state index contributed by atoms with van der Waals surface area (Å²) in [6.45, 7) is 3.20. The van der Waals surface area contributed by atoms with Crippen molar-refractivity contribution in [2.45, 2.75) is 13.1 Å². The summed E-state index contributed by atoms with van der Waals surface area (Å²) < 4.78 is 37.9. The number of carbonyl (C=O) groups is 2. The third-order valence-electron chi connectivity index (χ3n) is 4.47. The standard InChI is InChI=1S/C19H18F3N3O2/c1-13-2-3-15(12-23-13)18(27)25-10-8-24(9-11-25)17(26)14-4-6-16(7-5-14)19(20,21)22/h2-7,12H,8-11H2,1H3. The van der Waals surface area contributed by atoms with Crippen LogP contribution in [0.4, 0.5) is 13.2 Å². The second-order valence-corrected chi connectivity index (χ2v) is 6.35. The number of benzene rings is 1. The minimum atomic E-state index is -4.43. The van der Waals surface area contributed by atoms with Crippen molar-refractivity contribution in [3.63, 3.8) is 0 Å². The number of alkyl halides is 3. The maximum absolute atomic E-state index is 12.6. The Balaban J connectivity index is 1.60. The minimum Gasteiger partial charge on any atom is -0.335 e. The molecule has 142 valence electrons. The van der Waals surface area contributed by atoms with Gasteiger partial charge in [-0.2, -0.15) is 13.2 Å². The number of aromatic nitrogens is 1. The summed E-state index contributed by atoms with van der Waals surface area (Å²) in [7, 11) is 0. The maximum atomic E-state index is 12.6. The predicted molar refractivity (Wildman–Crippen MR) is 92.2 cm³/mol. The average molecular weight is 377 g/mol. The lowest BCUT2D eigenvalue weighted by atomic mass is 10.1. The molecule has 2 amide bonds. The van der Waals surface area contributed by atoms with E-state index in [0.717, 1.165) is 17.8 Å². The Hall–Kier alpha value is -2.90. The summed E-state index contributed by atoms with van der Waals surface area (Å²) in [5.74, 6) is -0.489. The van der Waals surface area contributed by atoms with E-state index >= 15 is 0 Å². The van der Waals surface area contributed by atoms with Crippen LogP contribution >= 0.6 is 0 Å². The van der Waals surface area contributed by atoms with E-state index < -0.39 is 11.7 Å². The number of piperazine rings is 1. The third-order valence-corrected chi connectivity index (χ3v) is 4.47. The van der Waals surface area contributed by atoms with Crippen LogP contribution in [0.3, 0.4) is 0 Å². The Bertz CT molecular complexity index is 825. The van der Waals surface area contributed by atoms with Crippen LogP contribution in [0.2, 0.25) is 0 Å². The van der Waals surface area contributed by atoms with Crippen molar-refractivity contribution in [1.29, 1.82) is 0 Å². The molecule has 1 aromatic carbocycles. The number of pyridine rings is 1. The van der Waals surface area contributed by atoms with E-state index in [1.807, 2.05) is 6.92 Å². The maximum Gasteiger partial charge on any atom is 0.416 e. The monoisotopic (exact) mass is 377 g/mol. The van der Waals surface area contributed by atoms with Gasteiger partial charge in [0.15, 0.2) is 0 Å². The molecule has 1 aromatic heterocycles. The number of carbonyl (C=O) groups excluding carboxylic acids is 2. The van der Waals surface area contributed by atoms with Gasteiger partial charge in [0.25, 0.3) is 11.8 Å². The lowest BCUT2D eigenvalue weighted by Gasteiger charge is -2.34. The van der Waals surface area contributed by atoms with Gasteiger partial charge in [0, 0.05) is 43.6 Å². The number of hydrogen-bond donors (Lipinski definition) is 0. The molecule has 1 fully saturated rings. The fourth-order valence-electron chi connectivity index (χ4n) is 2.87. The Labute approximate surface area is 154 Å². The number of rotatable bonds is 2. The van der Waals surface area contributed by atoms with Crippen LogP contribution in [0, 0.1) is 6.92 Å². The van der Waals surface area contributed by atoms with Gasteiger partial charge in [0.1, 0.15) is 0 Å². The van der Waals surface area contributed by atoms with Gasteiger partial charge in [-0.3, -0.25) is 14.6 Å². The van der Waals surface area contributed by atoms with Crippen LogP contribution in [-0.2, 0) is 6.18 Å². The Kier molecular flexibility index (Phi) is 5.16. The van der Waals surface area contributed by atoms with E-state index in [9.17, 15) is 22.8 Å². The van der Waals surface area contributed by atoms with E-state index in [2.05, 4.69) is 4.98 Å². The highest BCUT2D eigenvalue weighted by molar-refractivity contribution is 5.95. The molecule has 1 aliphatic heterocycles. The molecule has 0 unspecified atom stereocenters. The third kappa shape index (κ3) is 4.27. The van der Waals surface area contributed by atoms with Gasteiger partial charge in [-0.25, -0.2) is 0 Å². The molecular weight excluding hydrogens is 359 g/mol. The zero-order valence-corrected chi connectivity index (χ0v) is 14.7. The molecule has 3 rings (SSSR count). The highest BCUT2D eigenvalue weighted by Crippen LogP contribution is 2.29. The highest BCUT2D eigenvalue weighted by atomic mass is 19.4. The normalized spacial score (nSPS) is 15.0. The van der Waals surface area contributed by atoms with Gasteiger partial charge in [0.2, 0.25) is 0 Å². The van der Waals surface area contributed by atoms with Crippen LogP contribution in [0.25, 0.3) is 0 Å². The highest BCUT2D eigenvalue weighted by Gasteiger charge is 2.31. The fourth-order valence-corrected chi connectivity index (χ4v) is 2.87. The SMILES string of the molecule is Cc1ccc(C(=O)N2CCN(C(=O)c3ccc(C(F)(F)F)cc3)CC2)cn1. The van der Waals surface area contributed by atoms with Crippen molar-refractivity contribution in [2.75, 3.05) is 26.2 Å². The summed E-state index contributed by atoms with van der Waals surface area (Å²) in [6, 6.07) is 7.64. The molecule has 0 spiro atoms. The number of nitrogens with zero attached hydrogens (tertiary/aromatic N) is 3. The molecule has 0 N–H and O–H groups in total. The topological polar surface area (TPSA) is 53.5 Å². The summed E-state index contributed by atoms with van der Waals surface area (Å²) >= 11 is 0. The molecule has 8 heteroatoms. The first-order chi connectivity index (χ1) is 12.8. The minimum absolute atomic E-state index is 0.149. The number of amides is 2. The molecule has 1 saturated heterocycles. The van der Waals surface area contributed by atoms with Crippen molar-refractivity contribution in [3.8, 4) is 0 Å². The van der Waals surface area contributed by atoms with Gasteiger partial charge >= 0.3 is 6.18 Å².